The maximum absolute atomic E-state index is 13.9. The summed E-state index contributed by atoms with van der Waals surface area (Å²) in [6.45, 7) is 7.54. The number of H-pyrrole nitrogens is 1. The van der Waals surface area contributed by atoms with Crippen molar-refractivity contribution in [3.63, 3.8) is 0 Å². The molecule has 5 nitrogen and oxygen atoms in total. The summed E-state index contributed by atoms with van der Waals surface area (Å²) in [5.74, 6) is -0.230. The third-order valence-electron chi connectivity index (χ3n) is 4.01. The first-order valence-electron chi connectivity index (χ1n) is 7.51. The molecule has 1 saturated heterocycles. The summed E-state index contributed by atoms with van der Waals surface area (Å²) in [7, 11) is 0. The molecular formula is C16H21FN4O. The van der Waals surface area contributed by atoms with Gasteiger partial charge in [0.1, 0.15) is 5.82 Å². The summed E-state index contributed by atoms with van der Waals surface area (Å²) in [6, 6.07) is 5.08. The predicted octanol–water partition coefficient (Wildman–Crippen LogP) is 2.61. The zero-order chi connectivity index (χ0) is 15.5. The number of aromatic amines is 1. The van der Waals surface area contributed by atoms with Crippen LogP contribution in [-0.4, -0.2) is 36.5 Å². The van der Waals surface area contributed by atoms with Gasteiger partial charge < -0.3 is 15.0 Å². The molecule has 0 aliphatic carbocycles. The van der Waals surface area contributed by atoms with Crippen LogP contribution in [0.1, 0.15) is 17.0 Å². The Kier molecular flexibility index (Phi) is 4.29. The highest BCUT2D eigenvalue weighted by Gasteiger charge is 2.13. The van der Waals surface area contributed by atoms with Crippen molar-refractivity contribution in [3.05, 3.63) is 41.0 Å². The number of rotatable bonds is 4. The van der Waals surface area contributed by atoms with Crippen molar-refractivity contribution < 1.29 is 9.13 Å². The molecule has 2 N–H and O–H groups in total. The summed E-state index contributed by atoms with van der Waals surface area (Å²) in [4.78, 5) is 2.14. The van der Waals surface area contributed by atoms with E-state index in [1.165, 1.54) is 6.07 Å². The van der Waals surface area contributed by atoms with Crippen LogP contribution < -0.4 is 10.2 Å². The lowest BCUT2D eigenvalue weighted by atomic mass is 10.2. The first kappa shape index (κ1) is 14.8. The van der Waals surface area contributed by atoms with Gasteiger partial charge in [0.15, 0.2) is 0 Å². The van der Waals surface area contributed by atoms with Gasteiger partial charge in [0.25, 0.3) is 0 Å². The minimum absolute atomic E-state index is 0.230. The second-order valence-electron chi connectivity index (χ2n) is 5.56. The monoisotopic (exact) mass is 304 g/mol. The van der Waals surface area contributed by atoms with Gasteiger partial charge >= 0.3 is 0 Å². The lowest BCUT2D eigenvalue weighted by molar-refractivity contribution is 0.122. The Labute approximate surface area is 129 Å². The highest BCUT2D eigenvalue weighted by Crippen LogP contribution is 2.23. The second kappa shape index (κ2) is 6.36. The standard InChI is InChI=1S/C16H21FN4O/c1-11-16(12(2)20-19-11)10-18-14-7-13(17)8-15(9-14)21-3-5-22-6-4-21/h7-9,18H,3-6,10H2,1-2H3,(H,19,20). The summed E-state index contributed by atoms with van der Waals surface area (Å²) < 4.78 is 19.2. The molecule has 1 aromatic heterocycles. The molecule has 22 heavy (non-hydrogen) atoms. The lowest BCUT2D eigenvalue weighted by Gasteiger charge is -2.29. The molecule has 0 spiro atoms. The lowest BCUT2D eigenvalue weighted by Crippen LogP contribution is -2.36. The van der Waals surface area contributed by atoms with E-state index in [0.717, 1.165) is 41.4 Å². The van der Waals surface area contributed by atoms with Gasteiger partial charge in [0.05, 0.1) is 18.9 Å². The van der Waals surface area contributed by atoms with E-state index < -0.39 is 0 Å². The third kappa shape index (κ3) is 3.22. The highest BCUT2D eigenvalue weighted by atomic mass is 19.1. The van der Waals surface area contributed by atoms with Crippen LogP contribution in [0.15, 0.2) is 18.2 Å². The average Bonchev–Trinajstić information content (AvgIpc) is 2.84. The van der Waals surface area contributed by atoms with Crippen LogP contribution in [0.25, 0.3) is 0 Å². The van der Waals surface area contributed by atoms with Crippen molar-refractivity contribution in [2.75, 3.05) is 36.5 Å². The minimum atomic E-state index is -0.230. The molecule has 1 aromatic carbocycles. The van der Waals surface area contributed by atoms with Crippen LogP contribution in [-0.2, 0) is 11.3 Å². The van der Waals surface area contributed by atoms with Gasteiger partial charge in [0.2, 0.25) is 0 Å². The molecule has 1 aliphatic rings. The van der Waals surface area contributed by atoms with Crippen LogP contribution in [0.5, 0.6) is 0 Å². The number of nitrogens with zero attached hydrogens (tertiary/aromatic N) is 2. The number of hydrogen-bond donors (Lipinski definition) is 2. The number of benzene rings is 1. The normalized spacial score (nSPS) is 15.1. The van der Waals surface area contributed by atoms with Crippen molar-refractivity contribution in [1.29, 1.82) is 0 Å². The first-order valence-corrected chi connectivity index (χ1v) is 7.51. The van der Waals surface area contributed by atoms with Gasteiger partial charge in [0, 0.05) is 42.3 Å². The first-order chi connectivity index (χ1) is 10.6. The Morgan fingerprint density at radius 2 is 2.05 bits per heavy atom. The number of aryl methyl sites for hydroxylation is 2. The smallest absolute Gasteiger partial charge is 0.127 e. The van der Waals surface area contributed by atoms with Crippen molar-refractivity contribution in [3.8, 4) is 0 Å². The molecule has 6 heteroatoms. The second-order valence-corrected chi connectivity index (χ2v) is 5.56. The van der Waals surface area contributed by atoms with E-state index >= 15 is 0 Å². The maximum atomic E-state index is 13.9. The Bertz CT molecular complexity index is 630. The van der Waals surface area contributed by atoms with E-state index in [1.807, 2.05) is 19.9 Å². The molecule has 0 amide bonds. The Morgan fingerprint density at radius 3 is 2.73 bits per heavy atom. The van der Waals surface area contributed by atoms with Crippen molar-refractivity contribution >= 4 is 11.4 Å². The molecular weight excluding hydrogens is 283 g/mol. The molecule has 0 bridgehead atoms. The fourth-order valence-electron chi connectivity index (χ4n) is 2.71. The van der Waals surface area contributed by atoms with Crippen molar-refractivity contribution in [1.82, 2.24) is 10.2 Å². The number of ether oxygens (including phenoxy) is 1. The quantitative estimate of drug-likeness (QED) is 0.912. The Hall–Kier alpha value is -2.08. The maximum Gasteiger partial charge on any atom is 0.127 e. The van der Waals surface area contributed by atoms with Gasteiger partial charge in [-0.3, -0.25) is 5.10 Å². The highest BCUT2D eigenvalue weighted by molar-refractivity contribution is 5.59. The minimum Gasteiger partial charge on any atom is -0.381 e. The molecule has 118 valence electrons. The Balaban J connectivity index is 1.74. The van der Waals surface area contributed by atoms with Crippen LogP contribution in [0.3, 0.4) is 0 Å². The SMILES string of the molecule is Cc1n[nH]c(C)c1CNc1cc(F)cc(N2CCOCC2)c1. The molecule has 2 aromatic rings. The van der Waals surface area contributed by atoms with Gasteiger partial charge in [-0.05, 0) is 32.0 Å². The predicted molar refractivity (Wildman–Crippen MR) is 84.8 cm³/mol. The van der Waals surface area contributed by atoms with E-state index in [1.54, 1.807) is 6.07 Å². The van der Waals surface area contributed by atoms with E-state index in [9.17, 15) is 4.39 Å². The number of nitrogens with one attached hydrogen (secondary N) is 2. The zero-order valence-electron chi connectivity index (χ0n) is 12.9. The molecule has 0 unspecified atom stereocenters. The van der Waals surface area contributed by atoms with E-state index in [4.69, 9.17) is 4.74 Å². The van der Waals surface area contributed by atoms with Gasteiger partial charge in [-0.2, -0.15) is 5.10 Å². The third-order valence-corrected chi connectivity index (χ3v) is 4.01. The van der Waals surface area contributed by atoms with Crippen molar-refractivity contribution in [2.24, 2.45) is 0 Å². The molecule has 1 aliphatic heterocycles. The molecule has 0 radical (unpaired) electrons. The van der Waals surface area contributed by atoms with Crippen LogP contribution in [0.4, 0.5) is 15.8 Å². The van der Waals surface area contributed by atoms with Gasteiger partial charge in [-0.25, -0.2) is 4.39 Å². The van der Waals surface area contributed by atoms with Gasteiger partial charge in [-0.15, -0.1) is 0 Å². The van der Waals surface area contributed by atoms with Crippen LogP contribution in [0, 0.1) is 19.7 Å². The fraction of sp³-hybridized carbons (Fsp3) is 0.438. The summed E-state index contributed by atoms with van der Waals surface area (Å²) in [6.07, 6.45) is 0. The average molecular weight is 304 g/mol. The Morgan fingerprint density at radius 1 is 1.27 bits per heavy atom. The number of halogens is 1. The number of aromatic nitrogens is 2. The van der Waals surface area contributed by atoms with E-state index in [-0.39, 0.29) is 5.82 Å². The number of hydrogen-bond acceptors (Lipinski definition) is 4. The summed E-state index contributed by atoms with van der Waals surface area (Å²) in [5.41, 5.74) is 4.80. The van der Waals surface area contributed by atoms with Crippen molar-refractivity contribution in [2.45, 2.75) is 20.4 Å². The zero-order valence-corrected chi connectivity index (χ0v) is 12.9. The molecule has 2 heterocycles. The molecule has 1 fully saturated rings. The van der Waals surface area contributed by atoms with E-state index in [2.05, 4.69) is 20.4 Å². The van der Waals surface area contributed by atoms with E-state index in [0.29, 0.717) is 19.8 Å². The van der Waals surface area contributed by atoms with Crippen LogP contribution >= 0.6 is 0 Å². The van der Waals surface area contributed by atoms with Crippen LogP contribution in [0.2, 0.25) is 0 Å². The molecule has 0 atom stereocenters. The number of anilines is 2. The topological polar surface area (TPSA) is 53.2 Å². The van der Waals surface area contributed by atoms with Gasteiger partial charge in [-0.1, -0.05) is 0 Å². The largest absolute Gasteiger partial charge is 0.381 e. The number of morpholine rings is 1. The summed E-state index contributed by atoms with van der Waals surface area (Å²) >= 11 is 0. The molecule has 3 rings (SSSR count). The molecule has 0 saturated carbocycles. The summed E-state index contributed by atoms with van der Waals surface area (Å²) in [5, 5.41) is 10.4. The fourth-order valence-corrected chi connectivity index (χ4v) is 2.71.